The highest BCUT2D eigenvalue weighted by atomic mass is 35.5. The van der Waals surface area contributed by atoms with Crippen LogP contribution in [0.3, 0.4) is 0 Å². The lowest BCUT2D eigenvalue weighted by Crippen LogP contribution is -2.47. The molecule has 0 radical (unpaired) electrons. The van der Waals surface area contributed by atoms with E-state index >= 15 is 0 Å². The van der Waals surface area contributed by atoms with Crippen molar-refractivity contribution >= 4 is 23.3 Å². The Kier molecular flexibility index (Phi) is 2.83. The van der Waals surface area contributed by atoms with Gasteiger partial charge in [-0.3, -0.25) is 14.7 Å². The molecule has 0 aromatic carbocycles. The van der Waals surface area contributed by atoms with Gasteiger partial charge in [-0.2, -0.15) is 0 Å². The Morgan fingerprint density at radius 1 is 1.67 bits per heavy atom. The monoisotopic (exact) mass is 226 g/mol. The summed E-state index contributed by atoms with van der Waals surface area (Å²) >= 11 is 5.74. The van der Waals surface area contributed by atoms with E-state index in [0.29, 0.717) is 12.3 Å². The lowest BCUT2D eigenvalue weighted by atomic mass is 9.92. The first-order chi connectivity index (χ1) is 7.14. The molecule has 0 saturated heterocycles. The molecule has 2 rings (SSSR count). The van der Waals surface area contributed by atoms with Gasteiger partial charge in [0.1, 0.15) is 5.84 Å². The summed E-state index contributed by atoms with van der Waals surface area (Å²) in [7, 11) is 0. The van der Waals surface area contributed by atoms with Crippen LogP contribution in [0.15, 0.2) is 17.1 Å². The highest BCUT2D eigenvalue weighted by Gasteiger charge is 2.35. The van der Waals surface area contributed by atoms with Gasteiger partial charge in [0.05, 0.1) is 12.0 Å². The van der Waals surface area contributed by atoms with E-state index in [1.165, 1.54) is 0 Å². The molecular weight excluding hydrogens is 212 g/mol. The molecule has 0 saturated carbocycles. The van der Waals surface area contributed by atoms with Crippen molar-refractivity contribution < 1.29 is 4.79 Å². The summed E-state index contributed by atoms with van der Waals surface area (Å²) in [6.45, 7) is 2.77. The highest BCUT2D eigenvalue weighted by Crippen LogP contribution is 2.28. The second-order valence-corrected chi connectivity index (χ2v) is 4.70. The number of fused-ring (bicyclic) bond motifs is 1. The van der Waals surface area contributed by atoms with E-state index < -0.39 is 0 Å². The standard InChI is InChI=1S/C11H15ClN2O/c1-11(5-6-12)8-10(15)14-7-3-2-4-9(14)13-11/h2,4H,3,5-8H2,1H3. The number of nitrogens with zero attached hydrogens (tertiary/aromatic N) is 2. The summed E-state index contributed by atoms with van der Waals surface area (Å²) in [4.78, 5) is 18.3. The van der Waals surface area contributed by atoms with E-state index in [1.54, 1.807) is 4.90 Å². The second-order valence-electron chi connectivity index (χ2n) is 4.32. The van der Waals surface area contributed by atoms with Gasteiger partial charge in [0, 0.05) is 12.4 Å². The van der Waals surface area contributed by atoms with Crippen LogP contribution in [-0.2, 0) is 4.79 Å². The lowest BCUT2D eigenvalue weighted by Gasteiger charge is -2.36. The Morgan fingerprint density at radius 3 is 3.20 bits per heavy atom. The zero-order chi connectivity index (χ0) is 10.9. The number of aliphatic imine (C=N–C) groups is 1. The topological polar surface area (TPSA) is 32.7 Å². The molecule has 3 nitrogen and oxygen atoms in total. The van der Waals surface area contributed by atoms with Crippen molar-refractivity contribution in [1.29, 1.82) is 0 Å². The predicted molar refractivity (Wildman–Crippen MR) is 61.3 cm³/mol. The molecule has 2 heterocycles. The largest absolute Gasteiger partial charge is 0.297 e. The van der Waals surface area contributed by atoms with Crippen molar-refractivity contribution in [2.24, 2.45) is 4.99 Å². The summed E-state index contributed by atoms with van der Waals surface area (Å²) in [5, 5.41) is 0. The Bertz CT molecular complexity index is 337. The van der Waals surface area contributed by atoms with E-state index in [4.69, 9.17) is 11.6 Å². The minimum atomic E-state index is -0.299. The number of rotatable bonds is 2. The molecule has 0 fully saturated rings. The van der Waals surface area contributed by atoms with E-state index in [1.807, 2.05) is 13.0 Å². The lowest BCUT2D eigenvalue weighted by molar-refractivity contribution is -0.129. The van der Waals surface area contributed by atoms with Crippen molar-refractivity contribution in [3.63, 3.8) is 0 Å². The molecule has 0 aromatic rings. The van der Waals surface area contributed by atoms with Gasteiger partial charge in [-0.25, -0.2) is 0 Å². The van der Waals surface area contributed by atoms with Crippen LogP contribution in [0, 0.1) is 0 Å². The number of alkyl halides is 1. The molecule has 4 heteroatoms. The number of carbonyl (C=O) groups is 1. The van der Waals surface area contributed by atoms with Gasteiger partial charge in [-0.05, 0) is 25.8 Å². The van der Waals surface area contributed by atoms with Crippen LogP contribution in [-0.4, -0.2) is 34.6 Å². The molecule has 1 atom stereocenters. The quantitative estimate of drug-likeness (QED) is 0.663. The molecule has 0 bridgehead atoms. The van der Waals surface area contributed by atoms with Gasteiger partial charge in [-0.15, -0.1) is 11.6 Å². The van der Waals surface area contributed by atoms with Crippen LogP contribution >= 0.6 is 11.6 Å². The maximum absolute atomic E-state index is 11.9. The fraction of sp³-hybridized carbons (Fsp3) is 0.636. The van der Waals surface area contributed by atoms with E-state index in [0.717, 1.165) is 25.2 Å². The fourth-order valence-corrected chi connectivity index (χ4v) is 2.44. The maximum atomic E-state index is 11.9. The number of carbonyl (C=O) groups excluding carboxylic acids is 1. The fourth-order valence-electron chi connectivity index (χ4n) is 2.03. The molecule has 0 spiro atoms. The molecule has 0 N–H and O–H groups in total. The third kappa shape index (κ3) is 2.07. The van der Waals surface area contributed by atoms with Crippen molar-refractivity contribution in [2.75, 3.05) is 12.4 Å². The van der Waals surface area contributed by atoms with Crippen LogP contribution in [0.1, 0.15) is 26.2 Å². The summed E-state index contributed by atoms with van der Waals surface area (Å²) in [5.74, 6) is 1.53. The van der Waals surface area contributed by atoms with E-state index in [-0.39, 0.29) is 11.4 Å². The van der Waals surface area contributed by atoms with Crippen LogP contribution < -0.4 is 0 Å². The van der Waals surface area contributed by atoms with Gasteiger partial charge in [0.2, 0.25) is 5.91 Å². The Morgan fingerprint density at radius 2 is 2.47 bits per heavy atom. The van der Waals surface area contributed by atoms with Crippen LogP contribution in [0.4, 0.5) is 0 Å². The third-order valence-electron chi connectivity index (χ3n) is 2.91. The van der Waals surface area contributed by atoms with Gasteiger partial charge in [-0.1, -0.05) is 6.08 Å². The van der Waals surface area contributed by atoms with Gasteiger partial charge in [0.25, 0.3) is 0 Å². The SMILES string of the molecule is CC1(CCCl)CC(=O)N2CCC=CC2=N1. The summed E-state index contributed by atoms with van der Waals surface area (Å²) in [6.07, 6.45) is 6.17. The Labute approximate surface area is 94.8 Å². The minimum Gasteiger partial charge on any atom is -0.297 e. The van der Waals surface area contributed by atoms with Gasteiger partial charge in [0.15, 0.2) is 0 Å². The number of amidine groups is 1. The Balaban J connectivity index is 2.30. The molecule has 1 amide bonds. The molecule has 0 aromatic heterocycles. The zero-order valence-corrected chi connectivity index (χ0v) is 9.63. The van der Waals surface area contributed by atoms with Crippen molar-refractivity contribution in [2.45, 2.75) is 31.7 Å². The summed E-state index contributed by atoms with van der Waals surface area (Å²) < 4.78 is 0. The van der Waals surface area contributed by atoms with Crippen LogP contribution in [0.25, 0.3) is 0 Å². The smallest absolute Gasteiger partial charge is 0.230 e. The molecular formula is C11H15ClN2O. The summed E-state index contributed by atoms with van der Waals surface area (Å²) in [5.41, 5.74) is -0.299. The summed E-state index contributed by atoms with van der Waals surface area (Å²) in [6, 6.07) is 0. The van der Waals surface area contributed by atoms with Gasteiger partial charge < -0.3 is 0 Å². The number of amides is 1. The number of halogens is 1. The number of hydrogen-bond acceptors (Lipinski definition) is 2. The first kappa shape index (κ1) is 10.7. The third-order valence-corrected chi connectivity index (χ3v) is 3.10. The van der Waals surface area contributed by atoms with E-state index in [2.05, 4.69) is 11.1 Å². The first-order valence-corrected chi connectivity index (χ1v) is 5.81. The van der Waals surface area contributed by atoms with Crippen molar-refractivity contribution in [3.8, 4) is 0 Å². The number of hydrogen-bond donors (Lipinski definition) is 0. The van der Waals surface area contributed by atoms with Crippen LogP contribution in [0.5, 0.6) is 0 Å². The average Bonchev–Trinajstić information content (AvgIpc) is 2.17. The van der Waals surface area contributed by atoms with Crippen molar-refractivity contribution in [1.82, 2.24) is 4.90 Å². The Hall–Kier alpha value is -0.830. The molecule has 0 aliphatic carbocycles. The second kappa shape index (κ2) is 3.97. The molecule has 82 valence electrons. The predicted octanol–water partition coefficient (Wildman–Crippen LogP) is 1.96. The van der Waals surface area contributed by atoms with Gasteiger partial charge >= 0.3 is 0 Å². The van der Waals surface area contributed by atoms with Crippen LogP contribution in [0.2, 0.25) is 0 Å². The molecule has 2 aliphatic rings. The van der Waals surface area contributed by atoms with Crippen molar-refractivity contribution in [3.05, 3.63) is 12.2 Å². The average molecular weight is 227 g/mol. The zero-order valence-electron chi connectivity index (χ0n) is 8.87. The molecule has 2 aliphatic heterocycles. The van der Waals surface area contributed by atoms with E-state index in [9.17, 15) is 4.79 Å². The highest BCUT2D eigenvalue weighted by molar-refractivity contribution is 6.18. The minimum absolute atomic E-state index is 0.178. The molecule has 15 heavy (non-hydrogen) atoms. The normalized spacial score (nSPS) is 30.1. The first-order valence-electron chi connectivity index (χ1n) is 5.27. The maximum Gasteiger partial charge on any atom is 0.230 e. The molecule has 1 unspecified atom stereocenters.